The summed E-state index contributed by atoms with van der Waals surface area (Å²) in [5.41, 5.74) is -0.618. The van der Waals surface area contributed by atoms with Crippen LogP contribution in [-0.2, 0) is 14.3 Å². The summed E-state index contributed by atoms with van der Waals surface area (Å²) in [4.78, 5) is 21.8. The standard InChI is InChI=1S/C13H11F3O3/c14-13(15,16)11(18)19-10-2-1-5-12(8-10)6-3-9(17)4-7-12/h3-4,6-8H,1-2,5H2. The van der Waals surface area contributed by atoms with Crippen molar-refractivity contribution in [3.8, 4) is 0 Å². The zero-order chi connectivity index (χ0) is 14.1. The van der Waals surface area contributed by atoms with E-state index in [1.165, 1.54) is 18.2 Å². The Balaban J connectivity index is 2.17. The van der Waals surface area contributed by atoms with Crippen molar-refractivity contribution < 1.29 is 27.5 Å². The van der Waals surface area contributed by atoms with Crippen molar-refractivity contribution in [2.24, 2.45) is 5.41 Å². The van der Waals surface area contributed by atoms with Crippen molar-refractivity contribution in [1.82, 2.24) is 0 Å². The third-order valence-electron chi connectivity index (χ3n) is 3.03. The molecule has 2 rings (SSSR count). The van der Waals surface area contributed by atoms with Gasteiger partial charge in [0.2, 0.25) is 0 Å². The molecule has 3 nitrogen and oxygen atoms in total. The predicted molar refractivity (Wildman–Crippen MR) is 59.8 cm³/mol. The van der Waals surface area contributed by atoms with Gasteiger partial charge >= 0.3 is 12.1 Å². The second kappa shape index (κ2) is 4.68. The van der Waals surface area contributed by atoms with Crippen molar-refractivity contribution in [2.45, 2.75) is 25.4 Å². The van der Waals surface area contributed by atoms with Crippen LogP contribution in [0.3, 0.4) is 0 Å². The molecule has 0 aromatic rings. The summed E-state index contributed by atoms with van der Waals surface area (Å²) in [6.45, 7) is 0. The van der Waals surface area contributed by atoms with Crippen LogP contribution in [0.2, 0.25) is 0 Å². The number of carbonyl (C=O) groups excluding carboxylic acids is 2. The van der Waals surface area contributed by atoms with Gasteiger partial charge in [-0.1, -0.05) is 12.2 Å². The van der Waals surface area contributed by atoms with Crippen LogP contribution in [0.4, 0.5) is 13.2 Å². The molecule has 0 unspecified atom stereocenters. The molecular formula is C13H11F3O3. The van der Waals surface area contributed by atoms with Crippen LogP contribution in [-0.4, -0.2) is 17.9 Å². The number of allylic oxidation sites excluding steroid dienone is 6. The van der Waals surface area contributed by atoms with Gasteiger partial charge in [-0.15, -0.1) is 0 Å². The number of rotatable bonds is 1. The molecular weight excluding hydrogens is 261 g/mol. The first-order valence-corrected chi connectivity index (χ1v) is 5.74. The van der Waals surface area contributed by atoms with Gasteiger partial charge in [-0.2, -0.15) is 13.2 Å². The molecule has 102 valence electrons. The van der Waals surface area contributed by atoms with Gasteiger partial charge in [-0.05, 0) is 31.1 Å². The third-order valence-corrected chi connectivity index (χ3v) is 3.03. The van der Waals surface area contributed by atoms with Crippen LogP contribution < -0.4 is 0 Å². The van der Waals surface area contributed by atoms with E-state index in [9.17, 15) is 22.8 Å². The Labute approximate surface area is 107 Å². The summed E-state index contributed by atoms with van der Waals surface area (Å²) in [6.07, 6.45) is 3.97. The van der Waals surface area contributed by atoms with Crippen LogP contribution in [0.25, 0.3) is 0 Å². The van der Waals surface area contributed by atoms with E-state index in [1.54, 1.807) is 12.2 Å². The molecule has 0 bridgehead atoms. The minimum Gasteiger partial charge on any atom is -0.425 e. The molecule has 2 aliphatic rings. The molecule has 0 aromatic carbocycles. The second-order valence-electron chi connectivity index (χ2n) is 4.53. The van der Waals surface area contributed by atoms with Crippen LogP contribution >= 0.6 is 0 Å². The molecule has 0 atom stereocenters. The van der Waals surface area contributed by atoms with Gasteiger partial charge in [0.1, 0.15) is 5.76 Å². The number of ether oxygens (including phenoxy) is 1. The lowest BCUT2D eigenvalue weighted by Gasteiger charge is -2.30. The Hall–Kier alpha value is -1.85. The maximum atomic E-state index is 12.1. The van der Waals surface area contributed by atoms with E-state index in [4.69, 9.17) is 0 Å². The lowest BCUT2D eigenvalue weighted by molar-refractivity contribution is -0.195. The number of hydrogen-bond donors (Lipinski definition) is 0. The van der Waals surface area contributed by atoms with Crippen LogP contribution in [0.15, 0.2) is 36.1 Å². The molecule has 0 aliphatic heterocycles. The lowest BCUT2D eigenvalue weighted by atomic mass is 9.76. The topological polar surface area (TPSA) is 43.4 Å². The Morgan fingerprint density at radius 3 is 2.47 bits per heavy atom. The summed E-state index contributed by atoms with van der Waals surface area (Å²) in [5.74, 6) is -2.38. The Morgan fingerprint density at radius 1 is 1.26 bits per heavy atom. The van der Waals surface area contributed by atoms with Crippen LogP contribution in [0.5, 0.6) is 0 Å². The van der Waals surface area contributed by atoms with E-state index in [-0.39, 0.29) is 18.0 Å². The number of ketones is 1. The minimum absolute atomic E-state index is 0.00257. The molecule has 19 heavy (non-hydrogen) atoms. The Bertz CT molecular complexity index is 482. The summed E-state index contributed by atoms with van der Waals surface area (Å²) >= 11 is 0. The zero-order valence-corrected chi connectivity index (χ0v) is 9.87. The predicted octanol–water partition coefficient (Wildman–Crippen LogP) is 2.84. The van der Waals surface area contributed by atoms with Gasteiger partial charge in [-0.3, -0.25) is 4.79 Å². The molecule has 6 heteroatoms. The minimum atomic E-state index is -5.00. The summed E-state index contributed by atoms with van der Waals surface area (Å²) in [6, 6.07) is 0. The average molecular weight is 272 g/mol. The van der Waals surface area contributed by atoms with Crippen LogP contribution in [0.1, 0.15) is 19.3 Å². The van der Waals surface area contributed by atoms with E-state index in [0.29, 0.717) is 12.8 Å². The average Bonchev–Trinajstić information content (AvgIpc) is 2.33. The number of halogens is 3. The van der Waals surface area contributed by atoms with Gasteiger partial charge in [0.15, 0.2) is 5.78 Å². The quantitative estimate of drug-likeness (QED) is 0.689. The smallest absolute Gasteiger partial charge is 0.425 e. The Morgan fingerprint density at radius 2 is 1.89 bits per heavy atom. The number of esters is 1. The fourth-order valence-corrected chi connectivity index (χ4v) is 2.12. The Kier molecular flexibility index (Phi) is 3.34. The maximum absolute atomic E-state index is 12.1. The molecule has 0 radical (unpaired) electrons. The van der Waals surface area contributed by atoms with E-state index in [0.717, 1.165) is 0 Å². The fraction of sp³-hybridized carbons (Fsp3) is 0.385. The second-order valence-corrected chi connectivity index (χ2v) is 4.53. The van der Waals surface area contributed by atoms with Gasteiger partial charge in [-0.25, -0.2) is 4.79 Å². The van der Waals surface area contributed by atoms with Crippen molar-refractivity contribution >= 4 is 11.8 Å². The van der Waals surface area contributed by atoms with E-state index in [2.05, 4.69) is 4.74 Å². The first-order valence-electron chi connectivity index (χ1n) is 5.74. The highest BCUT2D eigenvalue weighted by molar-refractivity contribution is 6.00. The van der Waals surface area contributed by atoms with E-state index in [1.807, 2.05) is 0 Å². The molecule has 0 fully saturated rings. The van der Waals surface area contributed by atoms with Crippen molar-refractivity contribution in [1.29, 1.82) is 0 Å². The maximum Gasteiger partial charge on any atom is 0.491 e. The molecule has 0 aromatic heterocycles. The molecule has 2 aliphatic carbocycles. The van der Waals surface area contributed by atoms with Gasteiger partial charge < -0.3 is 4.74 Å². The molecule has 0 heterocycles. The van der Waals surface area contributed by atoms with Gasteiger partial charge in [0.25, 0.3) is 0 Å². The highest BCUT2D eigenvalue weighted by atomic mass is 19.4. The molecule has 0 saturated carbocycles. The van der Waals surface area contributed by atoms with E-state index >= 15 is 0 Å². The van der Waals surface area contributed by atoms with Gasteiger partial charge in [0.05, 0.1) is 0 Å². The zero-order valence-electron chi connectivity index (χ0n) is 9.87. The normalized spacial score (nSPS) is 21.4. The highest BCUT2D eigenvalue weighted by Gasteiger charge is 2.42. The number of carbonyl (C=O) groups is 2. The summed E-state index contributed by atoms with van der Waals surface area (Å²) in [5, 5.41) is 0. The number of alkyl halides is 3. The molecule has 0 N–H and O–H groups in total. The van der Waals surface area contributed by atoms with Crippen molar-refractivity contribution in [2.75, 3.05) is 0 Å². The van der Waals surface area contributed by atoms with Crippen molar-refractivity contribution in [3.63, 3.8) is 0 Å². The summed E-state index contributed by atoms with van der Waals surface area (Å²) in [7, 11) is 0. The fourth-order valence-electron chi connectivity index (χ4n) is 2.12. The molecule has 1 spiro atoms. The highest BCUT2D eigenvalue weighted by Crippen LogP contribution is 2.39. The first kappa shape index (κ1) is 13.6. The lowest BCUT2D eigenvalue weighted by Crippen LogP contribution is -2.27. The van der Waals surface area contributed by atoms with Gasteiger partial charge in [0, 0.05) is 11.8 Å². The molecule has 0 saturated heterocycles. The third kappa shape index (κ3) is 3.13. The number of hydrogen-bond acceptors (Lipinski definition) is 3. The van der Waals surface area contributed by atoms with Crippen LogP contribution in [0, 0.1) is 5.41 Å². The first-order chi connectivity index (χ1) is 8.81. The SMILES string of the molecule is O=C1C=CC2(C=C1)C=C(OC(=O)C(F)(F)F)CCC2. The summed E-state index contributed by atoms with van der Waals surface area (Å²) < 4.78 is 40.7. The molecule has 0 amide bonds. The largest absolute Gasteiger partial charge is 0.491 e. The van der Waals surface area contributed by atoms with E-state index < -0.39 is 17.6 Å². The van der Waals surface area contributed by atoms with Crippen molar-refractivity contribution in [3.05, 3.63) is 36.1 Å². The monoisotopic (exact) mass is 272 g/mol.